The number of nitrogens with one attached hydrogen (secondary N) is 1. The van der Waals surface area contributed by atoms with E-state index < -0.39 is 14.9 Å². The number of benzene rings is 2. The molecule has 0 aliphatic carbocycles. The predicted octanol–water partition coefficient (Wildman–Crippen LogP) is 2.33. The Labute approximate surface area is 174 Å². The number of carbonyl (C=O) groups excluding carboxylic acids is 1. The summed E-state index contributed by atoms with van der Waals surface area (Å²) in [5, 5.41) is 13.7. The first-order valence-electron chi connectivity index (χ1n) is 9.58. The zero-order valence-electron chi connectivity index (χ0n) is 16.3. The molecule has 2 aromatic carbocycles. The number of piperidine rings is 1. The van der Waals surface area contributed by atoms with Gasteiger partial charge in [-0.1, -0.05) is 18.2 Å². The van der Waals surface area contributed by atoms with E-state index in [2.05, 4.69) is 5.32 Å². The molecule has 2 aromatic rings. The standard InChI is InChI=1S/C20H23N3O6S/c24-20(12-15-29-18-4-2-1-3-5-18)21-16-10-13-22(14-11-16)30(27,28)19-8-6-17(7-9-19)23(25)26/h1-9,16H,10-15H2,(H,21,24). The van der Waals surface area contributed by atoms with Crippen LogP contribution in [0, 0.1) is 10.1 Å². The fraction of sp³-hybridized carbons (Fsp3) is 0.350. The summed E-state index contributed by atoms with van der Waals surface area (Å²) in [6, 6.07) is 14.0. The van der Waals surface area contributed by atoms with Gasteiger partial charge in [0.15, 0.2) is 0 Å². The van der Waals surface area contributed by atoms with Crippen molar-refractivity contribution in [3.63, 3.8) is 0 Å². The molecule has 0 radical (unpaired) electrons. The summed E-state index contributed by atoms with van der Waals surface area (Å²) < 4.78 is 32.3. The fourth-order valence-electron chi connectivity index (χ4n) is 3.21. The van der Waals surface area contributed by atoms with Crippen LogP contribution in [0.1, 0.15) is 19.3 Å². The number of amides is 1. The Morgan fingerprint density at radius 1 is 1.10 bits per heavy atom. The third kappa shape index (κ3) is 5.55. The van der Waals surface area contributed by atoms with E-state index in [-0.39, 0.29) is 48.6 Å². The van der Waals surface area contributed by atoms with E-state index in [0.717, 1.165) is 0 Å². The minimum absolute atomic E-state index is 0.0219. The molecule has 0 unspecified atom stereocenters. The Balaban J connectivity index is 1.45. The third-order valence-electron chi connectivity index (χ3n) is 4.85. The molecule has 1 aliphatic rings. The van der Waals surface area contributed by atoms with Crippen molar-refractivity contribution in [1.29, 1.82) is 0 Å². The highest BCUT2D eigenvalue weighted by Gasteiger charge is 2.30. The van der Waals surface area contributed by atoms with Crippen LogP contribution in [0.5, 0.6) is 5.75 Å². The maximum Gasteiger partial charge on any atom is 0.269 e. The number of rotatable bonds is 8. The molecule has 160 valence electrons. The van der Waals surface area contributed by atoms with Crippen molar-refractivity contribution in [2.45, 2.75) is 30.2 Å². The Hall–Kier alpha value is -2.98. The number of nitrogens with zero attached hydrogens (tertiary/aromatic N) is 2. The summed E-state index contributed by atoms with van der Waals surface area (Å²) in [6.45, 7) is 0.804. The zero-order valence-corrected chi connectivity index (χ0v) is 17.1. The first-order chi connectivity index (χ1) is 14.4. The molecular formula is C20H23N3O6S. The van der Waals surface area contributed by atoms with E-state index in [1.54, 1.807) is 0 Å². The molecule has 0 bridgehead atoms. The van der Waals surface area contributed by atoms with E-state index >= 15 is 0 Å². The molecule has 0 saturated carbocycles. The van der Waals surface area contributed by atoms with E-state index in [0.29, 0.717) is 18.6 Å². The predicted molar refractivity (Wildman–Crippen MR) is 110 cm³/mol. The molecule has 9 nitrogen and oxygen atoms in total. The van der Waals surface area contributed by atoms with Crippen LogP contribution in [0.25, 0.3) is 0 Å². The monoisotopic (exact) mass is 433 g/mol. The van der Waals surface area contributed by atoms with Gasteiger partial charge in [0.05, 0.1) is 22.8 Å². The lowest BCUT2D eigenvalue weighted by molar-refractivity contribution is -0.384. The zero-order chi connectivity index (χ0) is 21.6. The SMILES string of the molecule is O=C(CCOc1ccccc1)NC1CCN(S(=O)(=O)c2ccc([N+](=O)[O-])cc2)CC1. The topological polar surface area (TPSA) is 119 Å². The van der Waals surface area contributed by atoms with Gasteiger partial charge in [0.2, 0.25) is 15.9 Å². The van der Waals surface area contributed by atoms with Gasteiger partial charge >= 0.3 is 0 Å². The van der Waals surface area contributed by atoms with Crippen LogP contribution >= 0.6 is 0 Å². The number of nitro benzene ring substituents is 1. The first-order valence-corrected chi connectivity index (χ1v) is 11.0. The highest BCUT2D eigenvalue weighted by atomic mass is 32.2. The lowest BCUT2D eigenvalue weighted by atomic mass is 10.1. The molecule has 1 aliphatic heterocycles. The smallest absolute Gasteiger partial charge is 0.269 e. The van der Waals surface area contributed by atoms with Crippen molar-refractivity contribution in [2.75, 3.05) is 19.7 Å². The molecule has 0 aromatic heterocycles. The average Bonchev–Trinajstić information content (AvgIpc) is 2.75. The van der Waals surface area contributed by atoms with Crippen LogP contribution < -0.4 is 10.1 Å². The number of non-ortho nitro benzene ring substituents is 1. The largest absolute Gasteiger partial charge is 0.493 e. The number of nitro groups is 1. The summed E-state index contributed by atoms with van der Waals surface area (Å²) in [7, 11) is -3.72. The summed E-state index contributed by atoms with van der Waals surface area (Å²) >= 11 is 0. The van der Waals surface area contributed by atoms with Crippen LogP contribution in [0.4, 0.5) is 5.69 Å². The van der Waals surface area contributed by atoms with Crippen molar-refractivity contribution < 1.29 is 22.9 Å². The van der Waals surface area contributed by atoms with E-state index in [1.165, 1.54) is 28.6 Å². The summed E-state index contributed by atoms with van der Waals surface area (Å²) in [5.41, 5.74) is -0.161. The van der Waals surface area contributed by atoms with Crippen molar-refractivity contribution in [2.24, 2.45) is 0 Å². The molecule has 1 N–H and O–H groups in total. The van der Waals surface area contributed by atoms with Gasteiger partial charge in [-0.3, -0.25) is 14.9 Å². The molecule has 3 rings (SSSR count). The highest BCUT2D eigenvalue weighted by Crippen LogP contribution is 2.23. The maximum atomic E-state index is 12.7. The number of carbonyl (C=O) groups is 1. The third-order valence-corrected chi connectivity index (χ3v) is 6.76. The second-order valence-electron chi connectivity index (χ2n) is 6.91. The molecular weight excluding hydrogens is 410 g/mol. The molecule has 10 heteroatoms. The Kier molecular flexibility index (Phi) is 7.01. The van der Waals surface area contributed by atoms with Gasteiger partial charge in [0.25, 0.3) is 5.69 Å². The van der Waals surface area contributed by atoms with Gasteiger partial charge < -0.3 is 10.1 Å². The van der Waals surface area contributed by atoms with Gasteiger partial charge in [-0.2, -0.15) is 4.31 Å². The van der Waals surface area contributed by atoms with Crippen molar-refractivity contribution >= 4 is 21.6 Å². The van der Waals surface area contributed by atoms with Crippen LogP contribution in [0.2, 0.25) is 0 Å². The normalized spacial score (nSPS) is 15.5. The fourth-order valence-corrected chi connectivity index (χ4v) is 4.68. The van der Waals surface area contributed by atoms with Crippen molar-refractivity contribution in [3.05, 3.63) is 64.7 Å². The number of hydrogen-bond acceptors (Lipinski definition) is 6. The van der Waals surface area contributed by atoms with E-state index in [4.69, 9.17) is 4.74 Å². The summed E-state index contributed by atoms with van der Waals surface area (Å²) in [6.07, 6.45) is 1.21. The highest BCUT2D eigenvalue weighted by molar-refractivity contribution is 7.89. The Morgan fingerprint density at radius 2 is 1.73 bits per heavy atom. The Bertz CT molecular complexity index is 971. The number of para-hydroxylation sites is 1. The quantitative estimate of drug-likeness (QED) is 0.504. The van der Waals surface area contributed by atoms with Crippen molar-refractivity contribution in [3.8, 4) is 5.75 Å². The molecule has 1 saturated heterocycles. The first kappa shape index (κ1) is 21.7. The van der Waals surface area contributed by atoms with Gasteiger partial charge in [-0.25, -0.2) is 8.42 Å². The van der Waals surface area contributed by atoms with Crippen LogP contribution in [0.15, 0.2) is 59.5 Å². The average molecular weight is 433 g/mol. The van der Waals surface area contributed by atoms with Crippen LogP contribution in [0.3, 0.4) is 0 Å². The van der Waals surface area contributed by atoms with E-state index in [1.807, 2.05) is 30.3 Å². The van der Waals surface area contributed by atoms with Gasteiger partial charge in [0.1, 0.15) is 5.75 Å². The van der Waals surface area contributed by atoms with Crippen molar-refractivity contribution in [1.82, 2.24) is 9.62 Å². The van der Waals surface area contributed by atoms with E-state index in [9.17, 15) is 23.3 Å². The molecule has 0 atom stereocenters. The Morgan fingerprint density at radius 3 is 2.33 bits per heavy atom. The van der Waals surface area contributed by atoms with Crippen LogP contribution in [-0.4, -0.2) is 49.3 Å². The molecule has 30 heavy (non-hydrogen) atoms. The van der Waals surface area contributed by atoms with Gasteiger partial charge in [0, 0.05) is 31.3 Å². The second kappa shape index (κ2) is 9.68. The minimum Gasteiger partial charge on any atom is -0.493 e. The maximum absolute atomic E-state index is 12.7. The summed E-state index contributed by atoms with van der Waals surface area (Å²) in [4.78, 5) is 22.3. The second-order valence-corrected chi connectivity index (χ2v) is 8.85. The lowest BCUT2D eigenvalue weighted by Crippen LogP contribution is -2.46. The van der Waals surface area contributed by atoms with Gasteiger partial charge in [-0.15, -0.1) is 0 Å². The number of hydrogen-bond donors (Lipinski definition) is 1. The molecule has 1 fully saturated rings. The molecule has 1 amide bonds. The van der Waals surface area contributed by atoms with Crippen LogP contribution in [-0.2, 0) is 14.8 Å². The lowest BCUT2D eigenvalue weighted by Gasteiger charge is -2.31. The molecule has 1 heterocycles. The minimum atomic E-state index is -3.72. The molecule has 0 spiro atoms. The van der Waals surface area contributed by atoms with Gasteiger partial charge in [-0.05, 0) is 37.1 Å². The number of ether oxygens (including phenoxy) is 1. The number of sulfonamides is 1. The summed E-state index contributed by atoms with van der Waals surface area (Å²) in [5.74, 6) is 0.567.